The second-order valence-electron chi connectivity index (χ2n) is 7.83. The second-order valence-corrected chi connectivity index (χ2v) is 7.83. The quantitative estimate of drug-likeness (QED) is 0.404. The largest absolute Gasteiger partial charge is 0.457 e. The van der Waals surface area contributed by atoms with Gasteiger partial charge in [-0.05, 0) is 54.6 Å². The van der Waals surface area contributed by atoms with Crippen LogP contribution in [-0.2, 0) is 0 Å². The van der Waals surface area contributed by atoms with Crippen LogP contribution in [0.25, 0.3) is 11.0 Å². The van der Waals surface area contributed by atoms with Crippen LogP contribution in [-0.4, -0.2) is 42.2 Å². The number of urea groups is 1. The standard InChI is InChI=1S/C25H23FN6O2/c26-17-2-1-3-19(14-17)30-25(33)29-18-4-6-20(7-5-18)34-21-8-9-22-23(15-21)31-24(16-28-22)32-12-10-27-11-13-32/h1-9,14-16,27H,10-13H2,(H2,29,30,33). The summed E-state index contributed by atoms with van der Waals surface area (Å²) in [5.41, 5.74) is 2.51. The number of fused-ring (bicyclic) bond motifs is 1. The Morgan fingerprint density at radius 2 is 1.68 bits per heavy atom. The van der Waals surface area contributed by atoms with Crippen LogP contribution in [0.3, 0.4) is 0 Å². The zero-order chi connectivity index (χ0) is 23.3. The number of hydrogen-bond donors (Lipinski definition) is 3. The summed E-state index contributed by atoms with van der Waals surface area (Å²) in [7, 11) is 0. The van der Waals surface area contributed by atoms with Crippen molar-refractivity contribution in [2.45, 2.75) is 0 Å². The maximum absolute atomic E-state index is 13.3. The summed E-state index contributed by atoms with van der Waals surface area (Å²) in [6, 6.07) is 17.8. The van der Waals surface area contributed by atoms with Crippen molar-refractivity contribution < 1.29 is 13.9 Å². The topological polar surface area (TPSA) is 91.4 Å². The van der Waals surface area contributed by atoms with E-state index in [9.17, 15) is 9.18 Å². The molecule has 0 bridgehead atoms. The molecule has 3 aromatic carbocycles. The fraction of sp³-hybridized carbons (Fsp3) is 0.160. The molecule has 8 nitrogen and oxygen atoms in total. The molecule has 34 heavy (non-hydrogen) atoms. The molecule has 2 heterocycles. The number of ether oxygens (including phenoxy) is 1. The molecule has 3 N–H and O–H groups in total. The molecule has 172 valence electrons. The Morgan fingerprint density at radius 1 is 0.912 bits per heavy atom. The van der Waals surface area contributed by atoms with E-state index in [1.165, 1.54) is 18.2 Å². The summed E-state index contributed by atoms with van der Waals surface area (Å²) in [5, 5.41) is 8.63. The highest BCUT2D eigenvalue weighted by molar-refractivity contribution is 5.99. The Hall–Kier alpha value is -4.24. The van der Waals surface area contributed by atoms with Crippen molar-refractivity contribution in [3.8, 4) is 11.5 Å². The average molecular weight is 458 g/mol. The van der Waals surface area contributed by atoms with Gasteiger partial charge in [-0.3, -0.25) is 4.98 Å². The molecule has 0 radical (unpaired) electrons. The van der Waals surface area contributed by atoms with E-state index in [4.69, 9.17) is 9.72 Å². The van der Waals surface area contributed by atoms with Crippen LogP contribution in [0.5, 0.6) is 11.5 Å². The molecule has 1 aliphatic heterocycles. The Morgan fingerprint density at radius 3 is 2.47 bits per heavy atom. The fourth-order valence-electron chi connectivity index (χ4n) is 3.69. The van der Waals surface area contributed by atoms with Crippen molar-refractivity contribution in [3.05, 3.63) is 78.7 Å². The van der Waals surface area contributed by atoms with Crippen molar-refractivity contribution in [2.75, 3.05) is 41.7 Å². The third-order valence-electron chi connectivity index (χ3n) is 5.37. The molecule has 4 aromatic rings. The van der Waals surface area contributed by atoms with Crippen LogP contribution >= 0.6 is 0 Å². The van der Waals surface area contributed by atoms with Crippen molar-refractivity contribution in [1.82, 2.24) is 15.3 Å². The van der Waals surface area contributed by atoms with E-state index < -0.39 is 11.8 Å². The van der Waals surface area contributed by atoms with Crippen LogP contribution in [0.1, 0.15) is 0 Å². The summed E-state index contributed by atoms with van der Waals surface area (Å²) >= 11 is 0. The molecular weight excluding hydrogens is 435 g/mol. The molecule has 1 fully saturated rings. The smallest absolute Gasteiger partial charge is 0.323 e. The summed E-state index contributed by atoms with van der Waals surface area (Å²) in [5.74, 6) is 1.70. The summed E-state index contributed by atoms with van der Waals surface area (Å²) in [4.78, 5) is 23.7. The summed E-state index contributed by atoms with van der Waals surface area (Å²) in [6.07, 6.45) is 1.81. The number of nitrogens with one attached hydrogen (secondary N) is 3. The maximum Gasteiger partial charge on any atom is 0.323 e. The van der Waals surface area contributed by atoms with Gasteiger partial charge in [-0.25, -0.2) is 14.2 Å². The highest BCUT2D eigenvalue weighted by Gasteiger charge is 2.13. The molecular formula is C25H23FN6O2. The molecule has 2 amide bonds. The predicted octanol–water partition coefficient (Wildman–Crippen LogP) is 4.61. The monoisotopic (exact) mass is 458 g/mol. The number of carbonyl (C=O) groups is 1. The first-order valence-corrected chi connectivity index (χ1v) is 11.0. The number of halogens is 1. The molecule has 9 heteroatoms. The number of carbonyl (C=O) groups excluding carboxylic acids is 1. The van der Waals surface area contributed by atoms with Gasteiger partial charge in [0.2, 0.25) is 0 Å². The minimum Gasteiger partial charge on any atom is -0.457 e. The Balaban J connectivity index is 1.24. The van der Waals surface area contributed by atoms with Gasteiger partial charge < -0.3 is 25.6 Å². The molecule has 0 atom stereocenters. The predicted molar refractivity (Wildman–Crippen MR) is 130 cm³/mol. The van der Waals surface area contributed by atoms with Gasteiger partial charge in [0.15, 0.2) is 0 Å². The van der Waals surface area contributed by atoms with Crippen LogP contribution in [0.4, 0.5) is 26.4 Å². The third kappa shape index (κ3) is 5.21. The Labute approximate surface area is 195 Å². The van der Waals surface area contributed by atoms with Crippen LogP contribution in [0.2, 0.25) is 0 Å². The normalized spacial score (nSPS) is 13.5. The van der Waals surface area contributed by atoms with Gasteiger partial charge in [0.05, 0.1) is 17.2 Å². The number of hydrogen-bond acceptors (Lipinski definition) is 6. The van der Waals surface area contributed by atoms with E-state index in [2.05, 4.69) is 25.8 Å². The third-order valence-corrected chi connectivity index (χ3v) is 5.37. The van der Waals surface area contributed by atoms with Gasteiger partial charge in [0.25, 0.3) is 0 Å². The number of anilines is 3. The van der Waals surface area contributed by atoms with E-state index in [0.29, 0.717) is 22.9 Å². The number of amides is 2. The van der Waals surface area contributed by atoms with Gasteiger partial charge in [-0.2, -0.15) is 0 Å². The summed E-state index contributed by atoms with van der Waals surface area (Å²) in [6.45, 7) is 3.66. The van der Waals surface area contributed by atoms with Gasteiger partial charge in [-0.15, -0.1) is 0 Å². The zero-order valence-corrected chi connectivity index (χ0v) is 18.3. The molecule has 5 rings (SSSR count). The number of nitrogens with zero attached hydrogens (tertiary/aromatic N) is 3. The van der Waals surface area contributed by atoms with Gasteiger partial charge >= 0.3 is 6.03 Å². The molecule has 0 aliphatic carbocycles. The lowest BCUT2D eigenvalue weighted by molar-refractivity contribution is 0.262. The number of piperazine rings is 1. The number of aromatic nitrogens is 2. The first kappa shape index (κ1) is 21.6. The lowest BCUT2D eigenvalue weighted by atomic mass is 10.2. The fourth-order valence-corrected chi connectivity index (χ4v) is 3.69. The molecule has 0 saturated carbocycles. The minimum absolute atomic E-state index is 0.372. The van der Waals surface area contributed by atoms with Gasteiger partial charge in [-0.1, -0.05) is 6.07 Å². The lowest BCUT2D eigenvalue weighted by Crippen LogP contribution is -2.43. The molecule has 0 unspecified atom stereocenters. The minimum atomic E-state index is -0.465. The average Bonchev–Trinajstić information content (AvgIpc) is 2.85. The van der Waals surface area contributed by atoms with E-state index in [1.807, 2.05) is 24.4 Å². The lowest BCUT2D eigenvalue weighted by Gasteiger charge is -2.28. The SMILES string of the molecule is O=C(Nc1ccc(Oc2ccc3ncc(N4CCNCC4)nc3c2)cc1)Nc1cccc(F)c1. The van der Waals surface area contributed by atoms with Crippen molar-refractivity contribution in [1.29, 1.82) is 0 Å². The van der Waals surface area contributed by atoms with Crippen LogP contribution < -0.4 is 25.6 Å². The Bertz CT molecular complexity index is 1310. The molecule has 0 spiro atoms. The second kappa shape index (κ2) is 9.72. The summed E-state index contributed by atoms with van der Waals surface area (Å²) < 4.78 is 19.2. The van der Waals surface area contributed by atoms with Crippen molar-refractivity contribution in [3.63, 3.8) is 0 Å². The maximum atomic E-state index is 13.3. The number of rotatable bonds is 5. The zero-order valence-electron chi connectivity index (χ0n) is 18.3. The molecule has 1 saturated heterocycles. The van der Waals surface area contributed by atoms with Crippen LogP contribution in [0.15, 0.2) is 72.9 Å². The van der Waals surface area contributed by atoms with Crippen molar-refractivity contribution in [2.24, 2.45) is 0 Å². The molecule has 1 aromatic heterocycles. The van der Waals surface area contributed by atoms with Crippen LogP contribution in [0, 0.1) is 5.82 Å². The first-order chi connectivity index (χ1) is 16.6. The van der Waals surface area contributed by atoms with Gasteiger partial charge in [0, 0.05) is 43.6 Å². The van der Waals surface area contributed by atoms with E-state index in [-0.39, 0.29) is 0 Å². The van der Waals surface area contributed by atoms with E-state index >= 15 is 0 Å². The highest BCUT2D eigenvalue weighted by Crippen LogP contribution is 2.26. The molecule has 1 aliphatic rings. The Kier molecular flexibility index (Phi) is 6.17. The van der Waals surface area contributed by atoms with Gasteiger partial charge in [0.1, 0.15) is 23.1 Å². The van der Waals surface area contributed by atoms with E-state index in [0.717, 1.165) is 43.0 Å². The van der Waals surface area contributed by atoms with Crippen molar-refractivity contribution >= 4 is 34.3 Å². The number of benzene rings is 3. The highest BCUT2D eigenvalue weighted by atomic mass is 19.1. The first-order valence-electron chi connectivity index (χ1n) is 11.0. The van der Waals surface area contributed by atoms with E-state index in [1.54, 1.807) is 30.3 Å².